The van der Waals surface area contributed by atoms with Gasteiger partial charge in [-0.15, -0.1) is 0 Å². The first-order valence-electron chi connectivity index (χ1n) is 9.57. The number of para-hydroxylation sites is 1. The second-order valence-corrected chi connectivity index (χ2v) is 8.22. The fourth-order valence-electron chi connectivity index (χ4n) is 3.48. The van der Waals surface area contributed by atoms with Crippen LogP contribution in [0, 0.1) is 6.92 Å². The smallest absolute Gasteiger partial charge is 0.410 e. The summed E-state index contributed by atoms with van der Waals surface area (Å²) in [5, 5.41) is 4.18. The number of aryl methyl sites for hydroxylation is 1. The van der Waals surface area contributed by atoms with Crippen LogP contribution in [0.25, 0.3) is 22.4 Å². The number of piperidine rings is 1. The lowest BCUT2D eigenvalue weighted by Crippen LogP contribution is -2.41. The molecule has 0 radical (unpaired) electrons. The number of carbonyl (C=O) groups excluding carboxylic acids is 1. The van der Waals surface area contributed by atoms with Crippen LogP contribution in [0.15, 0.2) is 22.7 Å². The van der Waals surface area contributed by atoms with E-state index in [0.717, 1.165) is 35.3 Å². The highest BCUT2D eigenvalue weighted by Gasteiger charge is 2.30. The predicted molar refractivity (Wildman–Crippen MR) is 104 cm³/mol. The van der Waals surface area contributed by atoms with Gasteiger partial charge in [0.1, 0.15) is 11.4 Å². The number of aromatic nitrogens is 4. The summed E-state index contributed by atoms with van der Waals surface area (Å²) in [7, 11) is 0. The Labute approximate surface area is 163 Å². The molecule has 0 saturated carbocycles. The quantitative estimate of drug-likeness (QED) is 0.717. The molecule has 1 fully saturated rings. The summed E-state index contributed by atoms with van der Waals surface area (Å²) in [6, 6.07) is 5.87. The summed E-state index contributed by atoms with van der Waals surface area (Å²) in [4.78, 5) is 26.3. The van der Waals surface area contributed by atoms with Crippen LogP contribution in [0.2, 0.25) is 0 Å². The zero-order chi connectivity index (χ0) is 19.9. The average Bonchev–Trinajstić information content (AvgIpc) is 3.26. The first-order valence-corrected chi connectivity index (χ1v) is 9.57. The number of nitrogens with zero attached hydrogens (tertiary/aromatic N) is 4. The number of imidazole rings is 1. The number of nitrogens with one attached hydrogen (secondary N) is 1. The van der Waals surface area contributed by atoms with Gasteiger partial charge in [0.15, 0.2) is 0 Å². The lowest BCUT2D eigenvalue weighted by Gasteiger charge is -2.32. The molecular formula is C20H25N5O3. The Hall–Kier alpha value is -2.90. The van der Waals surface area contributed by atoms with Gasteiger partial charge in [-0.3, -0.25) is 0 Å². The van der Waals surface area contributed by atoms with Crippen molar-refractivity contribution in [3.63, 3.8) is 0 Å². The summed E-state index contributed by atoms with van der Waals surface area (Å²) < 4.78 is 11.0. The van der Waals surface area contributed by atoms with E-state index in [0.29, 0.717) is 24.8 Å². The highest BCUT2D eigenvalue weighted by atomic mass is 16.6. The molecule has 3 aromatic rings. The molecule has 1 amide bonds. The van der Waals surface area contributed by atoms with Crippen molar-refractivity contribution in [3.8, 4) is 11.4 Å². The SMILES string of the molecule is Cc1nc2c(-c3noc(C4CCN(C(=O)OC(C)(C)C)CC4)n3)cccc2[nH]1. The highest BCUT2D eigenvalue weighted by Crippen LogP contribution is 2.31. The molecule has 4 rings (SSSR count). The van der Waals surface area contributed by atoms with Crippen molar-refractivity contribution in [2.75, 3.05) is 13.1 Å². The highest BCUT2D eigenvalue weighted by molar-refractivity contribution is 5.89. The molecule has 0 spiro atoms. The topological polar surface area (TPSA) is 97.1 Å². The van der Waals surface area contributed by atoms with Crippen LogP contribution in [-0.4, -0.2) is 49.8 Å². The molecular weight excluding hydrogens is 358 g/mol. The summed E-state index contributed by atoms with van der Waals surface area (Å²) in [6.45, 7) is 8.78. The maximum absolute atomic E-state index is 12.2. The van der Waals surface area contributed by atoms with Gasteiger partial charge in [0, 0.05) is 19.0 Å². The standard InChI is InChI=1S/C20H25N5O3/c1-12-21-15-7-5-6-14(16(15)22-12)17-23-18(28-24-17)13-8-10-25(11-9-13)19(26)27-20(2,3)4/h5-7,13H,8-11H2,1-4H3,(H,21,22). The molecule has 8 nitrogen and oxygen atoms in total. The van der Waals surface area contributed by atoms with Crippen molar-refractivity contribution < 1.29 is 14.1 Å². The van der Waals surface area contributed by atoms with Crippen LogP contribution in [0.1, 0.15) is 51.2 Å². The Morgan fingerprint density at radius 2 is 2.00 bits per heavy atom. The van der Waals surface area contributed by atoms with Crippen molar-refractivity contribution in [2.24, 2.45) is 0 Å². The van der Waals surface area contributed by atoms with E-state index in [1.165, 1.54) is 0 Å². The number of H-pyrrole nitrogens is 1. The van der Waals surface area contributed by atoms with E-state index in [-0.39, 0.29) is 12.0 Å². The van der Waals surface area contributed by atoms with Crippen LogP contribution >= 0.6 is 0 Å². The molecule has 0 atom stereocenters. The molecule has 1 aromatic carbocycles. The van der Waals surface area contributed by atoms with Crippen molar-refractivity contribution >= 4 is 17.1 Å². The molecule has 0 unspecified atom stereocenters. The molecule has 0 aliphatic carbocycles. The molecule has 1 saturated heterocycles. The molecule has 1 aliphatic heterocycles. The van der Waals surface area contributed by atoms with Gasteiger partial charge in [-0.2, -0.15) is 4.98 Å². The van der Waals surface area contributed by atoms with E-state index in [9.17, 15) is 4.79 Å². The minimum absolute atomic E-state index is 0.139. The summed E-state index contributed by atoms with van der Waals surface area (Å²) in [5.74, 6) is 2.14. The normalized spacial score (nSPS) is 15.9. The largest absolute Gasteiger partial charge is 0.444 e. The number of carbonyl (C=O) groups is 1. The monoisotopic (exact) mass is 383 g/mol. The fraction of sp³-hybridized carbons (Fsp3) is 0.500. The number of likely N-dealkylation sites (tertiary alicyclic amines) is 1. The Morgan fingerprint density at radius 1 is 1.25 bits per heavy atom. The van der Waals surface area contributed by atoms with Gasteiger partial charge < -0.3 is 19.1 Å². The van der Waals surface area contributed by atoms with E-state index >= 15 is 0 Å². The molecule has 3 heterocycles. The third-order valence-corrected chi connectivity index (χ3v) is 4.81. The lowest BCUT2D eigenvalue weighted by atomic mass is 9.97. The molecule has 28 heavy (non-hydrogen) atoms. The Balaban J connectivity index is 1.46. The van der Waals surface area contributed by atoms with Crippen LogP contribution in [-0.2, 0) is 4.74 Å². The second kappa shape index (κ2) is 6.92. The van der Waals surface area contributed by atoms with Crippen LogP contribution < -0.4 is 0 Å². The summed E-state index contributed by atoms with van der Waals surface area (Å²) in [6.07, 6.45) is 1.27. The minimum Gasteiger partial charge on any atom is -0.444 e. The number of amides is 1. The number of benzene rings is 1. The van der Waals surface area contributed by atoms with Gasteiger partial charge in [0.2, 0.25) is 11.7 Å². The van der Waals surface area contributed by atoms with Crippen molar-refractivity contribution in [1.82, 2.24) is 25.0 Å². The van der Waals surface area contributed by atoms with E-state index in [4.69, 9.17) is 9.26 Å². The van der Waals surface area contributed by atoms with Gasteiger partial charge in [0.05, 0.1) is 16.6 Å². The number of ether oxygens (including phenoxy) is 1. The van der Waals surface area contributed by atoms with E-state index in [1.54, 1.807) is 4.90 Å². The zero-order valence-corrected chi connectivity index (χ0v) is 16.7. The first kappa shape index (κ1) is 18.5. The van der Waals surface area contributed by atoms with E-state index in [2.05, 4.69) is 20.1 Å². The van der Waals surface area contributed by atoms with E-state index < -0.39 is 5.60 Å². The number of hydrogen-bond acceptors (Lipinski definition) is 6. The van der Waals surface area contributed by atoms with E-state index in [1.807, 2.05) is 45.9 Å². The van der Waals surface area contributed by atoms with Crippen LogP contribution in [0.3, 0.4) is 0 Å². The third kappa shape index (κ3) is 3.72. The van der Waals surface area contributed by atoms with Gasteiger partial charge in [-0.25, -0.2) is 9.78 Å². The number of hydrogen-bond donors (Lipinski definition) is 1. The molecule has 148 valence electrons. The maximum atomic E-state index is 12.2. The van der Waals surface area contributed by atoms with Gasteiger partial charge in [0.25, 0.3) is 0 Å². The average molecular weight is 383 g/mol. The number of rotatable bonds is 2. The number of aromatic amines is 1. The minimum atomic E-state index is -0.485. The van der Waals surface area contributed by atoms with Crippen LogP contribution in [0.5, 0.6) is 0 Å². The molecule has 0 bridgehead atoms. The number of fused-ring (bicyclic) bond motifs is 1. The van der Waals surface area contributed by atoms with Gasteiger partial charge in [-0.1, -0.05) is 11.2 Å². The summed E-state index contributed by atoms with van der Waals surface area (Å²) >= 11 is 0. The first-order chi connectivity index (χ1) is 13.3. The predicted octanol–water partition coefficient (Wildman–Crippen LogP) is 4.04. The Bertz CT molecular complexity index is 993. The molecule has 1 N–H and O–H groups in total. The lowest BCUT2D eigenvalue weighted by molar-refractivity contribution is 0.0198. The Morgan fingerprint density at radius 3 is 2.71 bits per heavy atom. The molecule has 8 heteroatoms. The van der Waals surface area contributed by atoms with Gasteiger partial charge in [-0.05, 0) is 52.7 Å². The van der Waals surface area contributed by atoms with Crippen LogP contribution in [0.4, 0.5) is 4.79 Å². The summed E-state index contributed by atoms with van der Waals surface area (Å²) in [5.41, 5.74) is 2.16. The van der Waals surface area contributed by atoms with Crippen molar-refractivity contribution in [1.29, 1.82) is 0 Å². The molecule has 1 aliphatic rings. The second-order valence-electron chi connectivity index (χ2n) is 8.22. The van der Waals surface area contributed by atoms with Crippen molar-refractivity contribution in [2.45, 2.75) is 52.1 Å². The van der Waals surface area contributed by atoms with Gasteiger partial charge >= 0.3 is 6.09 Å². The maximum Gasteiger partial charge on any atom is 0.410 e. The molecule has 2 aromatic heterocycles. The van der Waals surface area contributed by atoms with Crippen molar-refractivity contribution in [3.05, 3.63) is 29.9 Å². The zero-order valence-electron chi connectivity index (χ0n) is 16.7. The fourth-order valence-corrected chi connectivity index (χ4v) is 3.48. The Kier molecular flexibility index (Phi) is 4.56. The third-order valence-electron chi connectivity index (χ3n) is 4.81.